The highest BCUT2D eigenvalue weighted by molar-refractivity contribution is 6.28. The summed E-state index contributed by atoms with van der Waals surface area (Å²) in [5.41, 5.74) is 2.04. The molecule has 0 radical (unpaired) electrons. The van der Waals surface area contributed by atoms with Gasteiger partial charge in [-0.3, -0.25) is 0 Å². The smallest absolute Gasteiger partial charge is 0.321 e. The van der Waals surface area contributed by atoms with E-state index in [1.807, 2.05) is 25.1 Å². The molecule has 0 amide bonds. The van der Waals surface area contributed by atoms with E-state index >= 15 is 0 Å². The van der Waals surface area contributed by atoms with Gasteiger partial charge in [0.15, 0.2) is 5.82 Å². The maximum Gasteiger partial charge on any atom is 0.321 e. The lowest BCUT2D eigenvalue weighted by Crippen LogP contribution is -2.01. The third kappa shape index (κ3) is 2.46. The Kier molecular flexibility index (Phi) is 3.21. The first-order chi connectivity index (χ1) is 9.26. The van der Waals surface area contributed by atoms with Crippen LogP contribution in [0.4, 0.5) is 0 Å². The van der Waals surface area contributed by atoms with E-state index in [0.717, 1.165) is 29.9 Å². The van der Waals surface area contributed by atoms with Crippen LogP contribution >= 0.6 is 11.6 Å². The standard InChI is InChI=1S/C13H12ClN3O2/c1-2-18-13-16-11(15-12(14)17-13)9-3-4-10-8(7-9)5-6-19-10/h3-4,7H,2,5-6H2,1H3. The molecule has 1 aliphatic rings. The summed E-state index contributed by atoms with van der Waals surface area (Å²) in [7, 11) is 0. The van der Waals surface area contributed by atoms with E-state index in [-0.39, 0.29) is 11.3 Å². The van der Waals surface area contributed by atoms with Crippen molar-refractivity contribution in [2.24, 2.45) is 0 Å². The summed E-state index contributed by atoms with van der Waals surface area (Å²) in [6, 6.07) is 6.10. The van der Waals surface area contributed by atoms with Gasteiger partial charge < -0.3 is 9.47 Å². The zero-order valence-electron chi connectivity index (χ0n) is 10.4. The van der Waals surface area contributed by atoms with Crippen molar-refractivity contribution in [3.8, 4) is 23.1 Å². The normalized spacial score (nSPS) is 12.9. The summed E-state index contributed by atoms with van der Waals surface area (Å²) in [6.45, 7) is 3.07. The lowest BCUT2D eigenvalue weighted by molar-refractivity contribution is 0.312. The van der Waals surface area contributed by atoms with Gasteiger partial charge in [-0.25, -0.2) is 0 Å². The predicted molar refractivity (Wildman–Crippen MR) is 70.6 cm³/mol. The molecule has 2 aromatic rings. The Labute approximate surface area is 115 Å². The minimum Gasteiger partial charge on any atom is -0.493 e. The van der Waals surface area contributed by atoms with Crippen molar-refractivity contribution in [3.05, 3.63) is 29.0 Å². The van der Waals surface area contributed by atoms with E-state index in [4.69, 9.17) is 21.1 Å². The van der Waals surface area contributed by atoms with Crippen molar-refractivity contribution in [3.63, 3.8) is 0 Å². The van der Waals surface area contributed by atoms with E-state index in [9.17, 15) is 0 Å². The van der Waals surface area contributed by atoms with E-state index < -0.39 is 0 Å². The molecule has 19 heavy (non-hydrogen) atoms. The Morgan fingerprint density at radius 3 is 3.05 bits per heavy atom. The van der Waals surface area contributed by atoms with E-state index in [2.05, 4.69) is 15.0 Å². The van der Waals surface area contributed by atoms with Gasteiger partial charge in [-0.05, 0) is 42.3 Å². The molecule has 0 aliphatic carbocycles. The molecule has 0 saturated heterocycles. The zero-order chi connectivity index (χ0) is 13.2. The third-order valence-electron chi connectivity index (χ3n) is 2.81. The van der Waals surface area contributed by atoms with Crippen LogP contribution in [0.5, 0.6) is 11.8 Å². The SMILES string of the molecule is CCOc1nc(Cl)nc(-c2ccc3c(c2)CCO3)n1. The molecule has 98 valence electrons. The van der Waals surface area contributed by atoms with Gasteiger partial charge in [-0.15, -0.1) is 0 Å². The molecular weight excluding hydrogens is 266 g/mol. The number of rotatable bonds is 3. The van der Waals surface area contributed by atoms with Crippen molar-refractivity contribution in [2.75, 3.05) is 13.2 Å². The van der Waals surface area contributed by atoms with Crippen LogP contribution in [-0.2, 0) is 6.42 Å². The van der Waals surface area contributed by atoms with E-state index in [1.54, 1.807) is 0 Å². The molecule has 0 atom stereocenters. The molecule has 0 spiro atoms. The van der Waals surface area contributed by atoms with Crippen molar-refractivity contribution in [2.45, 2.75) is 13.3 Å². The average Bonchev–Trinajstić information content (AvgIpc) is 2.85. The highest BCUT2D eigenvalue weighted by atomic mass is 35.5. The zero-order valence-corrected chi connectivity index (χ0v) is 11.1. The molecule has 0 fully saturated rings. The summed E-state index contributed by atoms with van der Waals surface area (Å²) in [5, 5.41) is 0.130. The number of aromatic nitrogens is 3. The fraction of sp³-hybridized carbons (Fsp3) is 0.308. The fourth-order valence-electron chi connectivity index (χ4n) is 1.98. The molecular formula is C13H12ClN3O2. The van der Waals surface area contributed by atoms with Crippen LogP contribution in [-0.4, -0.2) is 28.2 Å². The van der Waals surface area contributed by atoms with Gasteiger partial charge in [0.1, 0.15) is 5.75 Å². The van der Waals surface area contributed by atoms with Crippen molar-refractivity contribution < 1.29 is 9.47 Å². The highest BCUT2D eigenvalue weighted by Gasteiger charge is 2.15. The Morgan fingerprint density at radius 2 is 2.21 bits per heavy atom. The molecule has 0 unspecified atom stereocenters. The molecule has 0 saturated carbocycles. The monoisotopic (exact) mass is 277 g/mol. The van der Waals surface area contributed by atoms with Crippen molar-refractivity contribution >= 4 is 11.6 Å². The van der Waals surface area contributed by atoms with Gasteiger partial charge in [-0.2, -0.15) is 15.0 Å². The Balaban J connectivity index is 2.01. The summed E-state index contributed by atoms with van der Waals surface area (Å²) in [4.78, 5) is 12.3. The number of hydrogen-bond acceptors (Lipinski definition) is 5. The number of fused-ring (bicyclic) bond motifs is 1. The third-order valence-corrected chi connectivity index (χ3v) is 2.98. The lowest BCUT2D eigenvalue weighted by Gasteiger charge is -2.05. The topological polar surface area (TPSA) is 57.1 Å². The van der Waals surface area contributed by atoms with Gasteiger partial charge in [0.2, 0.25) is 5.28 Å². The number of nitrogens with zero attached hydrogens (tertiary/aromatic N) is 3. The number of hydrogen-bond donors (Lipinski definition) is 0. The van der Waals surface area contributed by atoms with Crippen LogP contribution < -0.4 is 9.47 Å². The second-order valence-corrected chi connectivity index (χ2v) is 4.40. The molecule has 1 aromatic carbocycles. The first kappa shape index (κ1) is 12.2. The van der Waals surface area contributed by atoms with Crippen LogP contribution in [0, 0.1) is 0 Å². The molecule has 1 aliphatic heterocycles. The Hall–Kier alpha value is -1.88. The van der Waals surface area contributed by atoms with Crippen LogP contribution in [0.2, 0.25) is 5.28 Å². The number of ether oxygens (including phenoxy) is 2. The Bertz CT molecular complexity index is 619. The molecule has 0 bridgehead atoms. The summed E-state index contributed by atoms with van der Waals surface area (Å²) >= 11 is 5.89. The second kappa shape index (κ2) is 5.01. The van der Waals surface area contributed by atoms with Gasteiger partial charge in [0, 0.05) is 12.0 Å². The van der Waals surface area contributed by atoms with Crippen molar-refractivity contribution in [1.82, 2.24) is 15.0 Å². The second-order valence-electron chi connectivity index (χ2n) is 4.06. The Morgan fingerprint density at radius 1 is 1.32 bits per heavy atom. The van der Waals surface area contributed by atoms with E-state index in [0.29, 0.717) is 12.4 Å². The van der Waals surface area contributed by atoms with Crippen molar-refractivity contribution in [1.29, 1.82) is 0 Å². The lowest BCUT2D eigenvalue weighted by atomic mass is 10.1. The van der Waals surface area contributed by atoms with Gasteiger partial charge >= 0.3 is 6.01 Å². The fourth-order valence-corrected chi connectivity index (χ4v) is 2.13. The molecule has 1 aromatic heterocycles. The van der Waals surface area contributed by atoms with Gasteiger partial charge in [0.05, 0.1) is 13.2 Å². The largest absolute Gasteiger partial charge is 0.493 e. The minimum absolute atomic E-state index is 0.130. The number of halogens is 1. The summed E-state index contributed by atoms with van der Waals surface area (Å²) in [6.07, 6.45) is 0.903. The van der Waals surface area contributed by atoms with E-state index in [1.165, 1.54) is 0 Å². The van der Waals surface area contributed by atoms with Crippen LogP contribution in [0.15, 0.2) is 18.2 Å². The molecule has 5 nitrogen and oxygen atoms in total. The predicted octanol–water partition coefficient (Wildman–Crippen LogP) is 2.53. The molecule has 3 rings (SSSR count). The molecule has 2 heterocycles. The first-order valence-electron chi connectivity index (χ1n) is 6.06. The van der Waals surface area contributed by atoms with Gasteiger partial charge in [-0.1, -0.05) is 0 Å². The minimum atomic E-state index is 0.130. The van der Waals surface area contributed by atoms with Crippen LogP contribution in [0.1, 0.15) is 12.5 Å². The quantitative estimate of drug-likeness (QED) is 0.863. The van der Waals surface area contributed by atoms with Gasteiger partial charge in [0.25, 0.3) is 0 Å². The maximum atomic E-state index is 5.89. The average molecular weight is 278 g/mol. The molecule has 6 heteroatoms. The maximum absolute atomic E-state index is 5.89. The molecule has 0 N–H and O–H groups in total. The van der Waals surface area contributed by atoms with Crippen LogP contribution in [0.25, 0.3) is 11.4 Å². The summed E-state index contributed by atoms with van der Waals surface area (Å²) < 4.78 is 10.7. The highest BCUT2D eigenvalue weighted by Crippen LogP contribution is 2.29. The van der Waals surface area contributed by atoms with Crippen LogP contribution in [0.3, 0.4) is 0 Å². The first-order valence-corrected chi connectivity index (χ1v) is 6.44. The number of benzene rings is 1. The summed E-state index contributed by atoms with van der Waals surface area (Å²) in [5.74, 6) is 1.44.